The minimum Gasteiger partial charge on any atom is -0.390 e. The highest BCUT2D eigenvalue weighted by atomic mass is 32.1. The number of nitrogens with zero attached hydrogens (tertiary/aromatic N) is 4. The number of carbonyl (C=O) groups is 2. The Labute approximate surface area is 204 Å². The minimum atomic E-state index is -0.563. The fraction of sp³-hybridized carbons (Fsp3) is 0.560. The molecule has 182 valence electrons. The number of thiazole rings is 1. The predicted molar refractivity (Wildman–Crippen MR) is 132 cm³/mol. The average molecular weight is 484 g/mol. The molecule has 3 aliphatic rings. The van der Waals surface area contributed by atoms with Gasteiger partial charge >= 0.3 is 0 Å². The fourth-order valence-corrected chi connectivity index (χ4v) is 6.31. The number of benzene rings is 1. The van der Waals surface area contributed by atoms with E-state index in [4.69, 9.17) is 0 Å². The van der Waals surface area contributed by atoms with Crippen LogP contribution >= 0.6 is 11.3 Å². The molecule has 0 unspecified atom stereocenters. The number of carbonyl (C=O) groups excluding carboxylic acids is 2. The third-order valence-corrected chi connectivity index (χ3v) is 8.35. The molecule has 2 aromatic rings. The van der Waals surface area contributed by atoms with Gasteiger partial charge in [-0.15, -0.1) is 0 Å². The summed E-state index contributed by atoms with van der Waals surface area (Å²) in [5.74, 6) is 0.0196. The van der Waals surface area contributed by atoms with Crippen LogP contribution in [0.4, 0.5) is 5.00 Å². The summed E-state index contributed by atoms with van der Waals surface area (Å²) in [5.41, 5.74) is 2.74. The largest absolute Gasteiger partial charge is 0.390 e. The van der Waals surface area contributed by atoms with Gasteiger partial charge in [-0.05, 0) is 36.8 Å². The van der Waals surface area contributed by atoms with E-state index in [1.807, 2.05) is 4.90 Å². The normalized spacial score (nSPS) is 24.1. The number of hydrogen-bond acceptors (Lipinski definition) is 7. The van der Waals surface area contributed by atoms with Crippen molar-refractivity contribution in [1.29, 1.82) is 0 Å². The Morgan fingerprint density at radius 2 is 1.79 bits per heavy atom. The molecular formula is C25H33N5O3S. The Balaban J connectivity index is 1.14. The molecule has 34 heavy (non-hydrogen) atoms. The molecule has 3 aliphatic heterocycles. The molecule has 5 rings (SSSR count). The summed E-state index contributed by atoms with van der Waals surface area (Å²) < 4.78 is 0. The highest BCUT2D eigenvalue weighted by Crippen LogP contribution is 2.28. The topological polar surface area (TPSA) is 89.0 Å². The Bertz CT molecular complexity index is 1040. The quantitative estimate of drug-likeness (QED) is 0.693. The first-order chi connectivity index (χ1) is 16.5. The molecule has 0 spiro atoms. The lowest BCUT2D eigenvalue weighted by Gasteiger charge is -2.43. The second-order valence-corrected chi connectivity index (χ2v) is 10.6. The number of anilines is 1. The van der Waals surface area contributed by atoms with E-state index in [2.05, 4.69) is 39.5 Å². The monoisotopic (exact) mass is 483 g/mol. The average Bonchev–Trinajstić information content (AvgIpc) is 3.32. The number of likely N-dealkylation sites (tertiary alicyclic amines) is 2. The second-order valence-electron chi connectivity index (χ2n) is 9.62. The van der Waals surface area contributed by atoms with Crippen molar-refractivity contribution in [3.05, 3.63) is 46.6 Å². The number of aromatic nitrogens is 1. The van der Waals surface area contributed by atoms with Gasteiger partial charge in [-0.3, -0.25) is 14.5 Å². The first-order valence-electron chi connectivity index (χ1n) is 12.2. The summed E-state index contributed by atoms with van der Waals surface area (Å²) in [4.78, 5) is 35.0. The lowest BCUT2D eigenvalue weighted by molar-refractivity contribution is -0.129. The van der Waals surface area contributed by atoms with E-state index in [0.717, 1.165) is 56.9 Å². The maximum atomic E-state index is 13.1. The zero-order valence-electron chi connectivity index (χ0n) is 19.7. The first-order valence-corrected chi connectivity index (χ1v) is 13.1. The summed E-state index contributed by atoms with van der Waals surface area (Å²) in [6, 6.07) is 8.89. The Morgan fingerprint density at radius 1 is 1.06 bits per heavy atom. The summed E-state index contributed by atoms with van der Waals surface area (Å²) in [6.07, 6.45) is 4.71. The van der Waals surface area contributed by atoms with Gasteiger partial charge < -0.3 is 20.2 Å². The maximum absolute atomic E-state index is 13.1. The Morgan fingerprint density at radius 3 is 2.53 bits per heavy atom. The molecule has 0 bridgehead atoms. The fourth-order valence-electron chi connectivity index (χ4n) is 5.45. The molecule has 9 heteroatoms. The smallest absolute Gasteiger partial charge is 0.282 e. The van der Waals surface area contributed by atoms with E-state index in [-0.39, 0.29) is 23.9 Å². The van der Waals surface area contributed by atoms with Gasteiger partial charge in [0.1, 0.15) is 5.00 Å². The van der Waals surface area contributed by atoms with Gasteiger partial charge in [0.15, 0.2) is 5.01 Å². The van der Waals surface area contributed by atoms with E-state index in [1.54, 1.807) is 18.0 Å². The van der Waals surface area contributed by atoms with Crippen molar-refractivity contribution in [2.75, 3.05) is 38.0 Å². The number of hydrogen-bond donors (Lipinski definition) is 2. The van der Waals surface area contributed by atoms with Crippen LogP contribution in [0.2, 0.25) is 0 Å². The Kier molecular flexibility index (Phi) is 6.85. The predicted octanol–water partition coefficient (Wildman–Crippen LogP) is 2.20. The summed E-state index contributed by atoms with van der Waals surface area (Å²) in [6.45, 7) is 5.90. The number of nitrogens with one attached hydrogen (secondary N) is 1. The van der Waals surface area contributed by atoms with Crippen molar-refractivity contribution in [3.63, 3.8) is 0 Å². The van der Waals surface area contributed by atoms with Crippen molar-refractivity contribution in [2.24, 2.45) is 0 Å². The molecule has 0 saturated carbocycles. The number of aliphatic hydroxyl groups excluding tert-OH is 1. The summed E-state index contributed by atoms with van der Waals surface area (Å²) in [5, 5.41) is 15.7. The molecule has 8 nitrogen and oxygen atoms in total. The van der Waals surface area contributed by atoms with Gasteiger partial charge in [0.25, 0.3) is 5.91 Å². The molecule has 4 heterocycles. The number of rotatable bonds is 4. The van der Waals surface area contributed by atoms with Crippen LogP contribution in [-0.4, -0.2) is 87.5 Å². The molecular weight excluding hydrogens is 450 g/mol. The Hall–Kier alpha value is -2.49. The molecule has 2 amide bonds. The van der Waals surface area contributed by atoms with Crippen LogP contribution in [-0.2, 0) is 17.8 Å². The number of β-amino-alcohol motifs (C(OH)–C–C–N with tert-alkyl or cyclic N) is 1. The number of aliphatic hydroxyl groups is 1. The first kappa shape index (κ1) is 23.3. The number of fused-ring (bicyclic) bond motifs is 1. The van der Waals surface area contributed by atoms with Crippen molar-refractivity contribution < 1.29 is 14.7 Å². The van der Waals surface area contributed by atoms with E-state index in [1.165, 1.54) is 22.5 Å². The lowest BCUT2D eigenvalue weighted by atomic mass is 9.94. The van der Waals surface area contributed by atoms with E-state index >= 15 is 0 Å². The van der Waals surface area contributed by atoms with Crippen LogP contribution in [0, 0.1) is 0 Å². The molecule has 2 N–H and O–H groups in total. The standard InChI is InChI=1S/C25H33N5O3S/c1-17(31)28-11-7-20(8-12-28)27-23-14-26-24(34-23)25(33)30-13-9-21(22(32)16-30)29-10-6-18-4-2-3-5-19(18)15-29/h2-5,14,20-22,27,32H,6-13,15-16H2,1H3/t21-,22-/m1/s1. The van der Waals surface area contributed by atoms with Crippen molar-refractivity contribution in [1.82, 2.24) is 19.7 Å². The van der Waals surface area contributed by atoms with Crippen LogP contribution in [0.1, 0.15) is 47.1 Å². The van der Waals surface area contributed by atoms with Gasteiger partial charge in [0.05, 0.1) is 12.3 Å². The molecule has 1 aromatic heterocycles. The van der Waals surface area contributed by atoms with Crippen LogP contribution < -0.4 is 5.32 Å². The van der Waals surface area contributed by atoms with Crippen LogP contribution in [0.3, 0.4) is 0 Å². The molecule has 1 aromatic carbocycles. The van der Waals surface area contributed by atoms with E-state index in [9.17, 15) is 14.7 Å². The van der Waals surface area contributed by atoms with Gasteiger partial charge in [0.2, 0.25) is 5.91 Å². The van der Waals surface area contributed by atoms with Crippen LogP contribution in [0.5, 0.6) is 0 Å². The van der Waals surface area contributed by atoms with Gasteiger partial charge in [0, 0.05) is 58.3 Å². The van der Waals surface area contributed by atoms with Crippen molar-refractivity contribution >= 4 is 28.2 Å². The van der Waals surface area contributed by atoms with Crippen LogP contribution in [0.15, 0.2) is 30.5 Å². The second kappa shape index (κ2) is 10.0. The maximum Gasteiger partial charge on any atom is 0.282 e. The zero-order valence-corrected chi connectivity index (χ0v) is 20.5. The van der Waals surface area contributed by atoms with Crippen LogP contribution in [0.25, 0.3) is 0 Å². The third kappa shape index (κ3) is 4.96. The van der Waals surface area contributed by atoms with Crippen molar-refractivity contribution in [2.45, 2.75) is 57.3 Å². The zero-order chi connectivity index (χ0) is 23.7. The van der Waals surface area contributed by atoms with E-state index < -0.39 is 6.10 Å². The SMILES string of the molecule is CC(=O)N1CCC(Nc2cnc(C(=O)N3CC[C@@H](N4CCc5ccccc5C4)[C@H](O)C3)s2)CC1. The highest BCUT2D eigenvalue weighted by Gasteiger charge is 2.36. The summed E-state index contributed by atoms with van der Waals surface area (Å²) >= 11 is 1.37. The van der Waals surface area contributed by atoms with Gasteiger partial charge in [-0.25, -0.2) is 4.98 Å². The molecule has 0 aliphatic carbocycles. The molecule has 2 atom stereocenters. The van der Waals surface area contributed by atoms with Crippen molar-refractivity contribution in [3.8, 4) is 0 Å². The van der Waals surface area contributed by atoms with E-state index in [0.29, 0.717) is 18.1 Å². The lowest BCUT2D eigenvalue weighted by Crippen LogP contribution is -2.56. The number of amides is 2. The minimum absolute atomic E-state index is 0.0757. The molecule has 2 fully saturated rings. The third-order valence-electron chi connectivity index (χ3n) is 7.44. The highest BCUT2D eigenvalue weighted by molar-refractivity contribution is 7.17. The summed E-state index contributed by atoms with van der Waals surface area (Å²) in [7, 11) is 0. The van der Waals surface area contributed by atoms with Gasteiger partial charge in [-0.2, -0.15) is 0 Å². The number of piperidine rings is 2. The van der Waals surface area contributed by atoms with Gasteiger partial charge in [-0.1, -0.05) is 35.6 Å². The molecule has 2 saturated heterocycles. The molecule has 0 radical (unpaired) electrons.